The maximum Gasteiger partial charge on any atom is 0.330 e. The highest BCUT2D eigenvalue weighted by atomic mass is 32.1. The third-order valence-electron chi connectivity index (χ3n) is 2.25. The molecule has 2 rings (SSSR count). The fraction of sp³-hybridized carbons (Fsp3) is 0.0909. The van der Waals surface area contributed by atoms with Crippen LogP contribution in [0.25, 0.3) is 0 Å². The van der Waals surface area contributed by atoms with E-state index in [1.54, 1.807) is 30.3 Å². The third-order valence-corrected chi connectivity index (χ3v) is 2.83. The Hall–Kier alpha value is -2.48. The Kier molecular flexibility index (Phi) is 4.04. The summed E-state index contributed by atoms with van der Waals surface area (Å²) in [5.41, 5.74) is 0.493. The molecule has 2 aromatic rings. The molecule has 3 N–H and O–H groups in total. The summed E-state index contributed by atoms with van der Waals surface area (Å²) in [5, 5.41) is 18.0. The minimum absolute atomic E-state index is 0.440. The van der Waals surface area contributed by atoms with Crippen LogP contribution in [0.4, 0.5) is 9.80 Å². The molecule has 0 aliphatic rings. The number of aromatic nitrogens is 2. The van der Waals surface area contributed by atoms with Gasteiger partial charge in [0.1, 0.15) is 5.00 Å². The Balaban J connectivity index is 2.05. The van der Waals surface area contributed by atoms with Crippen molar-refractivity contribution in [1.29, 1.82) is 0 Å². The van der Waals surface area contributed by atoms with E-state index in [1.165, 1.54) is 6.20 Å². The van der Waals surface area contributed by atoms with Gasteiger partial charge in [0.2, 0.25) is 0 Å². The minimum atomic E-state index is -1.14. The summed E-state index contributed by atoms with van der Waals surface area (Å²) in [6, 6.07) is 6.71. The van der Waals surface area contributed by atoms with Gasteiger partial charge in [-0.15, -0.1) is 5.10 Å². The second kappa shape index (κ2) is 5.91. The number of carboxylic acids is 1. The largest absolute Gasteiger partial charge is 0.479 e. The van der Waals surface area contributed by atoms with Gasteiger partial charge < -0.3 is 10.4 Å². The summed E-state index contributed by atoms with van der Waals surface area (Å²) in [4.78, 5) is 22.8. The molecule has 98 valence electrons. The Bertz CT molecular complexity index is 559. The lowest BCUT2D eigenvalue weighted by Gasteiger charge is -2.14. The van der Waals surface area contributed by atoms with Gasteiger partial charge in [-0.1, -0.05) is 34.8 Å². The number of urea groups is 1. The first-order valence-corrected chi connectivity index (χ1v) is 6.07. The Morgan fingerprint density at radius 2 is 2.00 bits per heavy atom. The van der Waals surface area contributed by atoms with Gasteiger partial charge >= 0.3 is 12.0 Å². The average molecular weight is 278 g/mol. The number of nitrogens with one attached hydrogen (secondary N) is 2. The quantitative estimate of drug-likeness (QED) is 0.786. The number of anilines is 1. The fourth-order valence-corrected chi connectivity index (χ4v) is 1.85. The summed E-state index contributed by atoms with van der Waals surface area (Å²) in [7, 11) is 0. The second-order valence-electron chi connectivity index (χ2n) is 3.56. The summed E-state index contributed by atoms with van der Waals surface area (Å²) < 4.78 is 3.58. The fourth-order valence-electron chi connectivity index (χ4n) is 1.43. The molecule has 0 aliphatic heterocycles. The number of carbonyl (C=O) groups is 2. The van der Waals surface area contributed by atoms with E-state index in [0.717, 1.165) is 11.5 Å². The Labute approximate surface area is 112 Å². The van der Waals surface area contributed by atoms with Crippen molar-refractivity contribution < 1.29 is 14.7 Å². The number of carbonyl (C=O) groups excluding carboxylic acids is 1. The molecule has 0 saturated heterocycles. The zero-order valence-corrected chi connectivity index (χ0v) is 10.4. The van der Waals surface area contributed by atoms with E-state index in [1.807, 2.05) is 0 Å². The van der Waals surface area contributed by atoms with E-state index in [-0.39, 0.29) is 0 Å². The van der Waals surface area contributed by atoms with Crippen molar-refractivity contribution in [2.75, 3.05) is 5.32 Å². The molecule has 19 heavy (non-hydrogen) atoms. The number of rotatable bonds is 4. The van der Waals surface area contributed by atoms with Gasteiger partial charge in [0.05, 0.1) is 6.20 Å². The van der Waals surface area contributed by atoms with E-state index < -0.39 is 18.0 Å². The molecule has 7 nitrogen and oxygen atoms in total. The van der Waals surface area contributed by atoms with E-state index in [0.29, 0.717) is 10.6 Å². The van der Waals surface area contributed by atoms with Crippen LogP contribution < -0.4 is 10.6 Å². The average Bonchev–Trinajstić information content (AvgIpc) is 2.89. The predicted molar refractivity (Wildman–Crippen MR) is 68.9 cm³/mol. The molecule has 2 amide bonds. The highest BCUT2D eigenvalue weighted by Crippen LogP contribution is 2.14. The molecule has 1 aromatic heterocycles. The van der Waals surface area contributed by atoms with E-state index in [9.17, 15) is 9.59 Å². The van der Waals surface area contributed by atoms with Crippen LogP contribution >= 0.6 is 11.5 Å². The molecular formula is C11H10N4O3S. The van der Waals surface area contributed by atoms with Crippen molar-refractivity contribution in [2.24, 2.45) is 0 Å². The van der Waals surface area contributed by atoms with Gasteiger partial charge in [0, 0.05) is 11.5 Å². The van der Waals surface area contributed by atoms with Crippen LogP contribution in [-0.2, 0) is 4.79 Å². The van der Waals surface area contributed by atoms with E-state index in [4.69, 9.17) is 5.11 Å². The van der Waals surface area contributed by atoms with Crippen LogP contribution in [0.3, 0.4) is 0 Å². The standard InChI is InChI=1S/C11H10N4O3S/c16-10(17)9(7-4-2-1-3-5-7)14-11(18)13-8-6-12-15-19-8/h1-6,9H,(H,16,17)(H2,13,14,18)/t9-/m0/s1. The highest BCUT2D eigenvalue weighted by molar-refractivity contribution is 7.10. The number of aliphatic carboxylic acids is 1. The molecule has 1 atom stereocenters. The molecule has 0 spiro atoms. The number of benzene rings is 1. The number of hydrogen-bond donors (Lipinski definition) is 3. The maximum atomic E-state index is 11.7. The molecule has 0 aliphatic carbocycles. The van der Waals surface area contributed by atoms with Gasteiger partial charge in [0.15, 0.2) is 6.04 Å². The monoisotopic (exact) mass is 278 g/mol. The number of hydrogen-bond acceptors (Lipinski definition) is 5. The molecule has 8 heteroatoms. The molecule has 0 bridgehead atoms. The van der Waals surface area contributed by atoms with Crippen molar-refractivity contribution >= 4 is 28.5 Å². The topological polar surface area (TPSA) is 104 Å². The molecule has 0 saturated carbocycles. The van der Waals surface area contributed by atoms with Gasteiger partial charge in [-0.2, -0.15) is 0 Å². The van der Waals surface area contributed by atoms with Crippen LogP contribution in [0, 0.1) is 0 Å². The van der Waals surface area contributed by atoms with Crippen LogP contribution in [-0.4, -0.2) is 26.7 Å². The van der Waals surface area contributed by atoms with Crippen LogP contribution in [0.15, 0.2) is 36.5 Å². The van der Waals surface area contributed by atoms with Gasteiger partial charge in [-0.3, -0.25) is 5.32 Å². The van der Waals surface area contributed by atoms with Crippen molar-refractivity contribution in [2.45, 2.75) is 6.04 Å². The van der Waals surface area contributed by atoms with Gasteiger partial charge in [-0.05, 0) is 5.56 Å². The molecule has 0 unspecified atom stereocenters. The minimum Gasteiger partial charge on any atom is -0.479 e. The maximum absolute atomic E-state index is 11.7. The molecule has 1 heterocycles. The van der Waals surface area contributed by atoms with Crippen LogP contribution in [0.1, 0.15) is 11.6 Å². The predicted octanol–water partition coefficient (Wildman–Crippen LogP) is 1.49. The normalized spacial score (nSPS) is 11.6. The smallest absolute Gasteiger partial charge is 0.330 e. The zero-order valence-electron chi connectivity index (χ0n) is 9.61. The summed E-state index contributed by atoms with van der Waals surface area (Å²) in [6.45, 7) is 0. The summed E-state index contributed by atoms with van der Waals surface area (Å²) >= 11 is 1.00. The van der Waals surface area contributed by atoms with Crippen LogP contribution in [0.5, 0.6) is 0 Å². The van der Waals surface area contributed by atoms with Gasteiger partial charge in [0.25, 0.3) is 0 Å². The molecule has 0 fully saturated rings. The summed E-state index contributed by atoms with van der Waals surface area (Å²) in [6.07, 6.45) is 1.38. The lowest BCUT2D eigenvalue weighted by atomic mass is 10.1. The van der Waals surface area contributed by atoms with Gasteiger partial charge in [-0.25, -0.2) is 9.59 Å². The van der Waals surface area contributed by atoms with Crippen LogP contribution in [0.2, 0.25) is 0 Å². The molecular weight excluding hydrogens is 268 g/mol. The first kappa shape index (κ1) is 13.0. The second-order valence-corrected chi connectivity index (χ2v) is 4.35. The number of amides is 2. The number of nitrogens with zero attached hydrogens (tertiary/aromatic N) is 2. The van der Waals surface area contributed by atoms with Crippen molar-refractivity contribution in [1.82, 2.24) is 14.9 Å². The van der Waals surface area contributed by atoms with E-state index >= 15 is 0 Å². The first-order valence-electron chi connectivity index (χ1n) is 5.29. The lowest BCUT2D eigenvalue weighted by Crippen LogP contribution is -2.36. The molecule has 1 aromatic carbocycles. The van der Waals surface area contributed by atoms with Crippen molar-refractivity contribution in [3.05, 3.63) is 42.1 Å². The van der Waals surface area contributed by atoms with Crippen molar-refractivity contribution in [3.8, 4) is 0 Å². The number of carboxylic acid groups (broad SMARTS) is 1. The third kappa shape index (κ3) is 3.49. The SMILES string of the molecule is O=C(Nc1cnns1)N[C@H](C(=O)O)c1ccccc1. The lowest BCUT2D eigenvalue weighted by molar-refractivity contribution is -0.139. The van der Waals surface area contributed by atoms with Crippen molar-refractivity contribution in [3.63, 3.8) is 0 Å². The molecule has 0 radical (unpaired) electrons. The highest BCUT2D eigenvalue weighted by Gasteiger charge is 2.21. The summed E-state index contributed by atoms with van der Waals surface area (Å²) in [5.74, 6) is -1.14. The Morgan fingerprint density at radius 1 is 1.26 bits per heavy atom. The first-order chi connectivity index (χ1) is 9.16. The van der Waals surface area contributed by atoms with E-state index in [2.05, 4.69) is 20.2 Å². The Morgan fingerprint density at radius 3 is 2.58 bits per heavy atom. The zero-order chi connectivity index (χ0) is 13.7.